The van der Waals surface area contributed by atoms with E-state index in [0.717, 1.165) is 12.1 Å². The SMILES string of the molecule is N#Cc1[nH]c(-c2ccc(C(F)(F)F)cc2)nc1C(N)=O. The third-order valence-electron chi connectivity index (χ3n) is 2.53. The molecule has 0 aliphatic heterocycles. The molecule has 3 N–H and O–H groups in total. The van der Waals surface area contributed by atoms with Crippen LogP contribution < -0.4 is 5.73 Å². The maximum atomic E-state index is 12.4. The Balaban J connectivity index is 2.43. The Kier molecular flexibility index (Phi) is 3.19. The molecule has 8 heteroatoms. The van der Waals surface area contributed by atoms with Crippen molar-refractivity contribution in [3.05, 3.63) is 41.2 Å². The summed E-state index contributed by atoms with van der Waals surface area (Å²) in [4.78, 5) is 17.4. The number of carbonyl (C=O) groups excluding carboxylic acids is 1. The molecule has 2 aromatic rings. The van der Waals surface area contributed by atoms with Crippen molar-refractivity contribution in [2.45, 2.75) is 6.18 Å². The van der Waals surface area contributed by atoms with E-state index in [1.54, 1.807) is 6.07 Å². The van der Waals surface area contributed by atoms with E-state index < -0.39 is 17.6 Å². The minimum Gasteiger partial charge on any atom is -0.364 e. The Bertz CT molecular complexity index is 695. The minimum absolute atomic E-state index is 0.101. The lowest BCUT2D eigenvalue weighted by atomic mass is 10.1. The first-order valence-electron chi connectivity index (χ1n) is 5.30. The number of aromatic nitrogens is 2. The number of nitriles is 1. The van der Waals surface area contributed by atoms with Crippen LogP contribution >= 0.6 is 0 Å². The maximum absolute atomic E-state index is 12.4. The summed E-state index contributed by atoms with van der Waals surface area (Å²) in [5, 5.41) is 8.80. The first-order valence-corrected chi connectivity index (χ1v) is 5.30. The van der Waals surface area contributed by atoms with Crippen LogP contribution in [0.2, 0.25) is 0 Å². The molecule has 1 aromatic heterocycles. The van der Waals surface area contributed by atoms with Gasteiger partial charge in [0.05, 0.1) is 5.56 Å². The highest BCUT2D eigenvalue weighted by molar-refractivity contribution is 5.93. The van der Waals surface area contributed by atoms with Gasteiger partial charge >= 0.3 is 6.18 Å². The zero-order chi connectivity index (χ0) is 14.9. The van der Waals surface area contributed by atoms with Crippen LogP contribution in [0.15, 0.2) is 24.3 Å². The second-order valence-electron chi connectivity index (χ2n) is 3.86. The van der Waals surface area contributed by atoms with Gasteiger partial charge in [-0.15, -0.1) is 0 Å². The van der Waals surface area contributed by atoms with Crippen molar-refractivity contribution in [3.63, 3.8) is 0 Å². The monoisotopic (exact) mass is 280 g/mol. The number of H-pyrrole nitrogens is 1. The van der Waals surface area contributed by atoms with E-state index in [1.165, 1.54) is 12.1 Å². The molecule has 20 heavy (non-hydrogen) atoms. The van der Waals surface area contributed by atoms with Crippen LogP contribution in [0.5, 0.6) is 0 Å². The molecule has 102 valence electrons. The molecule has 0 radical (unpaired) electrons. The Morgan fingerprint density at radius 3 is 2.30 bits per heavy atom. The molecule has 5 nitrogen and oxygen atoms in total. The van der Waals surface area contributed by atoms with Gasteiger partial charge in [0.1, 0.15) is 11.9 Å². The molecule has 0 saturated heterocycles. The number of rotatable bonds is 2. The van der Waals surface area contributed by atoms with E-state index in [0.29, 0.717) is 5.56 Å². The van der Waals surface area contributed by atoms with Gasteiger partial charge in [0.25, 0.3) is 5.91 Å². The molecule has 1 aromatic carbocycles. The van der Waals surface area contributed by atoms with Gasteiger partial charge in [-0.05, 0) is 12.1 Å². The fraction of sp³-hybridized carbons (Fsp3) is 0.0833. The maximum Gasteiger partial charge on any atom is 0.416 e. The van der Waals surface area contributed by atoms with Gasteiger partial charge in [0.2, 0.25) is 0 Å². The Hall–Kier alpha value is -2.82. The summed E-state index contributed by atoms with van der Waals surface area (Å²) in [6, 6.07) is 5.85. The average Bonchev–Trinajstić information content (AvgIpc) is 2.82. The minimum atomic E-state index is -4.43. The highest BCUT2D eigenvalue weighted by Crippen LogP contribution is 2.30. The van der Waals surface area contributed by atoms with Crippen LogP contribution in [0, 0.1) is 11.3 Å². The number of benzene rings is 1. The molecule has 0 aliphatic rings. The number of amides is 1. The van der Waals surface area contributed by atoms with E-state index in [1.807, 2.05) is 0 Å². The van der Waals surface area contributed by atoms with Crippen LogP contribution in [0.4, 0.5) is 13.2 Å². The number of imidazole rings is 1. The molecular weight excluding hydrogens is 273 g/mol. The number of alkyl halides is 3. The molecule has 1 amide bonds. The van der Waals surface area contributed by atoms with Gasteiger partial charge in [0.15, 0.2) is 11.4 Å². The third-order valence-corrected chi connectivity index (χ3v) is 2.53. The number of carbonyl (C=O) groups is 1. The van der Waals surface area contributed by atoms with Gasteiger partial charge in [-0.25, -0.2) is 4.98 Å². The van der Waals surface area contributed by atoms with Crippen molar-refractivity contribution in [1.82, 2.24) is 9.97 Å². The van der Waals surface area contributed by atoms with E-state index in [2.05, 4.69) is 9.97 Å². The average molecular weight is 280 g/mol. The van der Waals surface area contributed by atoms with Crippen LogP contribution in [0.1, 0.15) is 21.7 Å². The number of nitrogens with one attached hydrogen (secondary N) is 1. The van der Waals surface area contributed by atoms with Crippen molar-refractivity contribution >= 4 is 5.91 Å². The number of nitrogens with zero attached hydrogens (tertiary/aromatic N) is 2. The van der Waals surface area contributed by atoms with E-state index in [4.69, 9.17) is 11.0 Å². The summed E-state index contributed by atoms with van der Waals surface area (Å²) < 4.78 is 37.3. The van der Waals surface area contributed by atoms with Gasteiger partial charge in [-0.3, -0.25) is 4.79 Å². The first kappa shape index (κ1) is 13.6. The molecular formula is C12H7F3N4O. The Morgan fingerprint density at radius 1 is 1.30 bits per heavy atom. The molecule has 0 unspecified atom stereocenters. The fourth-order valence-electron chi connectivity index (χ4n) is 1.59. The van der Waals surface area contributed by atoms with E-state index in [-0.39, 0.29) is 17.2 Å². The number of primary amides is 1. The van der Waals surface area contributed by atoms with Crippen molar-refractivity contribution in [3.8, 4) is 17.5 Å². The van der Waals surface area contributed by atoms with Crippen molar-refractivity contribution in [2.75, 3.05) is 0 Å². The zero-order valence-electron chi connectivity index (χ0n) is 9.82. The molecule has 1 heterocycles. The molecule has 0 spiro atoms. The number of nitrogens with two attached hydrogens (primary N) is 1. The van der Waals surface area contributed by atoms with Crippen LogP contribution in [-0.2, 0) is 6.18 Å². The van der Waals surface area contributed by atoms with Crippen molar-refractivity contribution in [1.29, 1.82) is 5.26 Å². The summed E-state index contributed by atoms with van der Waals surface area (Å²) in [5.74, 6) is -0.792. The summed E-state index contributed by atoms with van der Waals surface area (Å²) in [5.41, 5.74) is 4.17. The second kappa shape index (κ2) is 4.70. The molecule has 0 atom stereocenters. The Morgan fingerprint density at radius 2 is 1.90 bits per heavy atom. The molecule has 0 aliphatic carbocycles. The zero-order valence-corrected chi connectivity index (χ0v) is 9.82. The summed E-state index contributed by atoms with van der Waals surface area (Å²) in [6.07, 6.45) is -4.43. The first-order chi connectivity index (χ1) is 9.32. The van der Waals surface area contributed by atoms with Crippen LogP contribution in [-0.4, -0.2) is 15.9 Å². The summed E-state index contributed by atoms with van der Waals surface area (Å²) in [6.45, 7) is 0. The lowest BCUT2D eigenvalue weighted by molar-refractivity contribution is -0.137. The van der Waals surface area contributed by atoms with E-state index in [9.17, 15) is 18.0 Å². The smallest absolute Gasteiger partial charge is 0.364 e. The molecule has 0 fully saturated rings. The predicted octanol–water partition coefficient (Wildman–Crippen LogP) is 2.07. The lowest BCUT2D eigenvalue weighted by Gasteiger charge is -2.06. The van der Waals surface area contributed by atoms with Gasteiger partial charge in [-0.1, -0.05) is 12.1 Å². The largest absolute Gasteiger partial charge is 0.416 e. The molecule has 2 rings (SSSR count). The van der Waals surface area contributed by atoms with Gasteiger partial charge < -0.3 is 10.7 Å². The number of halogens is 3. The predicted molar refractivity (Wildman–Crippen MR) is 62.3 cm³/mol. The Labute approximate surface area is 110 Å². The molecule has 0 saturated carbocycles. The normalized spacial score (nSPS) is 11.1. The molecule has 0 bridgehead atoms. The van der Waals surface area contributed by atoms with Crippen LogP contribution in [0.3, 0.4) is 0 Å². The number of hydrogen-bond donors (Lipinski definition) is 2. The number of aromatic amines is 1. The van der Waals surface area contributed by atoms with Crippen molar-refractivity contribution in [2.24, 2.45) is 5.73 Å². The number of hydrogen-bond acceptors (Lipinski definition) is 3. The van der Waals surface area contributed by atoms with Gasteiger partial charge in [-0.2, -0.15) is 18.4 Å². The quantitative estimate of drug-likeness (QED) is 0.881. The summed E-state index contributed by atoms with van der Waals surface area (Å²) >= 11 is 0. The fourth-order valence-corrected chi connectivity index (χ4v) is 1.59. The topological polar surface area (TPSA) is 95.6 Å². The lowest BCUT2D eigenvalue weighted by Crippen LogP contribution is -2.13. The highest BCUT2D eigenvalue weighted by atomic mass is 19.4. The highest BCUT2D eigenvalue weighted by Gasteiger charge is 2.30. The van der Waals surface area contributed by atoms with E-state index >= 15 is 0 Å². The van der Waals surface area contributed by atoms with Crippen LogP contribution in [0.25, 0.3) is 11.4 Å². The second-order valence-corrected chi connectivity index (χ2v) is 3.86. The van der Waals surface area contributed by atoms with Crippen molar-refractivity contribution < 1.29 is 18.0 Å². The standard InChI is InChI=1S/C12H7F3N4O/c13-12(14,15)7-3-1-6(2-4-7)11-18-8(5-16)9(19-11)10(17)20/h1-4H,(H2,17,20)(H,18,19). The van der Waals surface area contributed by atoms with Gasteiger partial charge in [0, 0.05) is 5.56 Å². The summed E-state index contributed by atoms with van der Waals surface area (Å²) in [7, 11) is 0. The third kappa shape index (κ3) is 2.47.